The highest BCUT2D eigenvalue weighted by Crippen LogP contribution is 2.29. The molecule has 7 heteroatoms. The molecular weight excluding hydrogens is 402 g/mol. The minimum absolute atomic E-state index is 0.128. The summed E-state index contributed by atoms with van der Waals surface area (Å²) in [5.74, 6) is 0.738. The fraction of sp³-hybridized carbons (Fsp3) is 0.280. The average Bonchev–Trinajstić information content (AvgIpc) is 3.19. The molecule has 0 saturated heterocycles. The molecule has 0 aliphatic carbocycles. The van der Waals surface area contributed by atoms with E-state index in [2.05, 4.69) is 41.3 Å². The van der Waals surface area contributed by atoms with Gasteiger partial charge in [0, 0.05) is 17.5 Å². The predicted molar refractivity (Wildman–Crippen MR) is 125 cm³/mol. The zero-order valence-corrected chi connectivity index (χ0v) is 18.7. The van der Waals surface area contributed by atoms with Crippen LogP contribution in [0.25, 0.3) is 28.0 Å². The van der Waals surface area contributed by atoms with Crippen LogP contribution in [0.5, 0.6) is 0 Å². The zero-order valence-electron chi connectivity index (χ0n) is 18.7. The Balaban J connectivity index is 1.94. The van der Waals surface area contributed by atoms with E-state index in [1.54, 1.807) is 13.1 Å². The maximum absolute atomic E-state index is 13.0. The smallest absolute Gasteiger partial charge is 0.251 e. The summed E-state index contributed by atoms with van der Waals surface area (Å²) in [6.07, 6.45) is 3.20. The summed E-state index contributed by atoms with van der Waals surface area (Å²) in [6.45, 7) is 7.83. The number of nitrogens with one attached hydrogen (secondary N) is 1. The molecule has 0 spiro atoms. The van der Waals surface area contributed by atoms with Crippen LogP contribution in [0, 0.1) is 6.92 Å². The Kier molecular flexibility index (Phi) is 6.01. The summed E-state index contributed by atoms with van der Waals surface area (Å²) in [6, 6.07) is 13.6. The molecule has 4 aromatic rings. The molecule has 2 heterocycles. The van der Waals surface area contributed by atoms with E-state index < -0.39 is 0 Å². The molecule has 7 nitrogen and oxygen atoms in total. The lowest BCUT2D eigenvalue weighted by Crippen LogP contribution is -2.35. The van der Waals surface area contributed by atoms with Gasteiger partial charge in [-0.25, -0.2) is 15.0 Å². The van der Waals surface area contributed by atoms with E-state index in [-0.39, 0.29) is 24.5 Å². The van der Waals surface area contributed by atoms with E-state index in [0.29, 0.717) is 16.7 Å². The molecule has 0 fully saturated rings. The fourth-order valence-electron chi connectivity index (χ4n) is 3.63. The first-order chi connectivity index (χ1) is 15.4. The van der Waals surface area contributed by atoms with Crippen LogP contribution in [-0.4, -0.2) is 43.2 Å². The summed E-state index contributed by atoms with van der Waals surface area (Å²) in [5, 5.41) is 12.2. The van der Waals surface area contributed by atoms with Crippen molar-refractivity contribution in [2.24, 2.45) is 0 Å². The Morgan fingerprint density at radius 1 is 1.09 bits per heavy atom. The third-order valence-corrected chi connectivity index (χ3v) is 5.34. The van der Waals surface area contributed by atoms with Crippen molar-refractivity contribution in [2.75, 3.05) is 6.61 Å². The van der Waals surface area contributed by atoms with E-state index in [1.807, 2.05) is 41.8 Å². The van der Waals surface area contributed by atoms with Gasteiger partial charge in [0.05, 0.1) is 18.5 Å². The number of fused-ring (bicyclic) bond motifs is 1. The van der Waals surface area contributed by atoms with Crippen molar-refractivity contribution >= 4 is 17.1 Å². The van der Waals surface area contributed by atoms with Crippen molar-refractivity contribution in [3.63, 3.8) is 0 Å². The number of rotatable bonds is 6. The van der Waals surface area contributed by atoms with E-state index >= 15 is 0 Å². The first-order valence-electron chi connectivity index (χ1n) is 10.7. The number of carbonyl (C=O) groups excluding carboxylic acids is 1. The van der Waals surface area contributed by atoms with Gasteiger partial charge in [-0.1, -0.05) is 43.7 Å². The number of hydrogen-bond acceptors (Lipinski definition) is 5. The maximum atomic E-state index is 13.0. The van der Waals surface area contributed by atoms with Gasteiger partial charge in [0.15, 0.2) is 5.65 Å². The van der Waals surface area contributed by atoms with Gasteiger partial charge in [0.25, 0.3) is 5.91 Å². The van der Waals surface area contributed by atoms with Gasteiger partial charge in [-0.2, -0.15) is 0 Å². The van der Waals surface area contributed by atoms with Gasteiger partial charge in [-0.05, 0) is 43.2 Å². The minimum atomic E-state index is -0.345. The molecule has 4 rings (SSSR count). The molecule has 1 atom stereocenters. The topological polar surface area (TPSA) is 92.9 Å². The second kappa shape index (κ2) is 8.88. The lowest BCUT2D eigenvalue weighted by Gasteiger charge is -2.16. The van der Waals surface area contributed by atoms with Crippen molar-refractivity contribution in [3.05, 3.63) is 71.9 Å². The molecule has 2 aromatic carbocycles. The van der Waals surface area contributed by atoms with E-state index in [4.69, 9.17) is 4.98 Å². The lowest BCUT2D eigenvalue weighted by atomic mass is 10.00. The van der Waals surface area contributed by atoms with E-state index in [9.17, 15) is 9.90 Å². The van der Waals surface area contributed by atoms with Crippen molar-refractivity contribution < 1.29 is 9.90 Å². The largest absolute Gasteiger partial charge is 0.394 e. The van der Waals surface area contributed by atoms with Gasteiger partial charge < -0.3 is 10.4 Å². The molecule has 0 aliphatic rings. The molecular formula is C25H27N5O2. The molecule has 2 aromatic heterocycles. The standard InChI is InChI=1S/C25H27N5O2/c1-15(2)23-29-22-12-26-14-27-24(22)30(23)21-10-19(18-7-5-16(3)6-8-18)9-20(11-21)25(32)28-17(4)13-31/h5-12,14-15,17,31H,13H2,1-4H3,(H,28,32). The SMILES string of the molecule is Cc1ccc(-c2cc(C(=O)NC(C)CO)cc(-n3c(C(C)C)nc4cncnc43)c2)cc1. The molecule has 2 N–H and O–H groups in total. The summed E-state index contributed by atoms with van der Waals surface area (Å²) in [4.78, 5) is 26.3. The number of aromatic nitrogens is 4. The van der Waals surface area contributed by atoms with Crippen LogP contribution in [0.4, 0.5) is 0 Å². The number of benzene rings is 2. The highest BCUT2D eigenvalue weighted by molar-refractivity contribution is 5.96. The van der Waals surface area contributed by atoms with Gasteiger partial charge in [-0.15, -0.1) is 0 Å². The minimum Gasteiger partial charge on any atom is -0.394 e. The number of carbonyl (C=O) groups is 1. The van der Waals surface area contributed by atoms with Gasteiger partial charge in [-0.3, -0.25) is 9.36 Å². The van der Waals surface area contributed by atoms with Crippen LogP contribution in [0.15, 0.2) is 55.0 Å². The third kappa shape index (κ3) is 4.24. The predicted octanol–water partition coefficient (Wildman–Crippen LogP) is 4.02. The molecule has 0 saturated carbocycles. The molecule has 1 amide bonds. The highest BCUT2D eigenvalue weighted by Gasteiger charge is 2.19. The second-order valence-corrected chi connectivity index (χ2v) is 8.38. The van der Waals surface area contributed by atoms with Crippen LogP contribution < -0.4 is 5.32 Å². The lowest BCUT2D eigenvalue weighted by molar-refractivity contribution is 0.0922. The summed E-state index contributed by atoms with van der Waals surface area (Å²) in [7, 11) is 0. The van der Waals surface area contributed by atoms with Crippen molar-refractivity contribution in [2.45, 2.75) is 39.7 Å². The van der Waals surface area contributed by atoms with Crippen LogP contribution in [0.2, 0.25) is 0 Å². The van der Waals surface area contributed by atoms with Gasteiger partial charge in [0.2, 0.25) is 0 Å². The number of aliphatic hydroxyl groups excluding tert-OH is 1. The maximum Gasteiger partial charge on any atom is 0.251 e. The second-order valence-electron chi connectivity index (χ2n) is 8.38. The van der Waals surface area contributed by atoms with Crippen LogP contribution in [0.1, 0.15) is 48.4 Å². The Hall–Kier alpha value is -3.58. The Morgan fingerprint density at radius 2 is 1.84 bits per heavy atom. The van der Waals surface area contributed by atoms with Crippen molar-refractivity contribution in [3.8, 4) is 16.8 Å². The zero-order chi connectivity index (χ0) is 22.8. The molecule has 0 bridgehead atoms. The molecule has 0 aliphatic heterocycles. The van der Waals surface area contributed by atoms with Crippen molar-refractivity contribution in [1.29, 1.82) is 0 Å². The monoisotopic (exact) mass is 429 g/mol. The first-order valence-corrected chi connectivity index (χ1v) is 10.7. The van der Waals surface area contributed by atoms with E-state index in [0.717, 1.165) is 22.6 Å². The Morgan fingerprint density at radius 3 is 2.53 bits per heavy atom. The Labute approximate surface area is 187 Å². The van der Waals surface area contributed by atoms with Crippen LogP contribution >= 0.6 is 0 Å². The van der Waals surface area contributed by atoms with Gasteiger partial charge >= 0.3 is 0 Å². The number of amides is 1. The fourth-order valence-corrected chi connectivity index (χ4v) is 3.63. The summed E-state index contributed by atoms with van der Waals surface area (Å²) in [5.41, 5.74) is 5.79. The number of imidazole rings is 1. The normalized spacial score (nSPS) is 12.3. The third-order valence-electron chi connectivity index (χ3n) is 5.34. The van der Waals surface area contributed by atoms with Crippen molar-refractivity contribution in [1.82, 2.24) is 24.8 Å². The van der Waals surface area contributed by atoms with E-state index in [1.165, 1.54) is 11.9 Å². The Bertz CT molecular complexity index is 1260. The van der Waals surface area contributed by atoms with Crippen LogP contribution in [-0.2, 0) is 0 Å². The molecule has 1 unspecified atom stereocenters. The molecule has 32 heavy (non-hydrogen) atoms. The average molecular weight is 430 g/mol. The molecule has 164 valence electrons. The summed E-state index contributed by atoms with van der Waals surface area (Å²) >= 11 is 0. The van der Waals surface area contributed by atoms with Gasteiger partial charge in [0.1, 0.15) is 17.7 Å². The first kappa shape index (κ1) is 21.6. The molecule has 0 radical (unpaired) electrons. The summed E-state index contributed by atoms with van der Waals surface area (Å²) < 4.78 is 1.99. The number of aryl methyl sites for hydroxylation is 1. The number of nitrogens with zero attached hydrogens (tertiary/aromatic N) is 4. The highest BCUT2D eigenvalue weighted by atomic mass is 16.3. The number of hydrogen-bond donors (Lipinski definition) is 2. The quantitative estimate of drug-likeness (QED) is 0.483. The number of aliphatic hydroxyl groups is 1. The van der Waals surface area contributed by atoms with Crippen LogP contribution in [0.3, 0.4) is 0 Å².